The Balaban J connectivity index is 2.46. The van der Waals surface area contributed by atoms with Gasteiger partial charge in [-0.2, -0.15) is 12.6 Å². The molecule has 0 N–H and O–H groups in total. The van der Waals surface area contributed by atoms with Crippen LogP contribution in [0.2, 0.25) is 0 Å². The van der Waals surface area contributed by atoms with Gasteiger partial charge >= 0.3 is 0 Å². The van der Waals surface area contributed by atoms with Crippen LogP contribution in [0.15, 0.2) is 24.3 Å². The normalized spacial score (nSPS) is 16.3. The zero-order valence-electron chi connectivity index (χ0n) is 22.3. The smallest absolute Gasteiger partial charge is 0.0610 e. The Morgan fingerprint density at radius 2 is 0.710 bits per heavy atom. The molecular weight excluding hydrogens is 392 g/mol. The lowest BCUT2D eigenvalue weighted by molar-refractivity contribution is 0.529. The van der Waals surface area contributed by atoms with Crippen molar-refractivity contribution in [1.29, 1.82) is 0 Å². The summed E-state index contributed by atoms with van der Waals surface area (Å²) >= 11 is 5.31. The summed E-state index contributed by atoms with van der Waals surface area (Å²) in [4.78, 5) is 0. The minimum Gasteiger partial charge on any atom is -0.163 e. The maximum atomic E-state index is 5.31. The van der Waals surface area contributed by atoms with Gasteiger partial charge in [0.25, 0.3) is 0 Å². The molecule has 0 aromatic heterocycles. The molecule has 0 aliphatic heterocycles. The summed E-state index contributed by atoms with van der Waals surface area (Å²) in [5.41, 5.74) is 11.6. The van der Waals surface area contributed by atoms with E-state index in [0.717, 1.165) is 0 Å². The Morgan fingerprint density at radius 3 is 0.935 bits per heavy atom. The molecule has 31 heavy (non-hydrogen) atoms. The number of hydrogen-bond acceptors (Lipinski definition) is 1. The summed E-state index contributed by atoms with van der Waals surface area (Å²) in [6.07, 6.45) is 0. The van der Waals surface area contributed by atoms with Crippen LogP contribution in [-0.4, -0.2) is 0 Å². The van der Waals surface area contributed by atoms with E-state index in [1.807, 2.05) is 0 Å². The molecule has 3 rings (SSSR count). The van der Waals surface area contributed by atoms with Gasteiger partial charge in [0.2, 0.25) is 0 Å². The van der Waals surface area contributed by atoms with Crippen LogP contribution in [0.4, 0.5) is 0 Å². The van der Waals surface area contributed by atoms with E-state index in [1.165, 1.54) is 44.5 Å². The molecule has 0 saturated carbocycles. The van der Waals surface area contributed by atoms with E-state index in [0.29, 0.717) is 0 Å². The third kappa shape index (κ3) is 4.12. The van der Waals surface area contributed by atoms with Crippen LogP contribution in [0.3, 0.4) is 0 Å². The third-order valence-electron chi connectivity index (χ3n) is 6.89. The summed E-state index contributed by atoms with van der Waals surface area (Å²) < 4.78 is -0.294. The van der Waals surface area contributed by atoms with E-state index in [4.69, 9.17) is 12.6 Å². The van der Waals surface area contributed by atoms with Crippen LogP contribution in [0, 0.1) is 0 Å². The van der Waals surface area contributed by atoms with E-state index < -0.39 is 0 Å². The predicted octanol–water partition coefficient (Wildman–Crippen LogP) is 9.05. The maximum absolute atomic E-state index is 5.31. The monoisotopic (exact) mass is 436 g/mol. The zero-order valence-corrected chi connectivity index (χ0v) is 23.2. The summed E-state index contributed by atoms with van der Waals surface area (Å²) in [7, 11) is 0. The molecule has 0 amide bonds. The summed E-state index contributed by atoms with van der Waals surface area (Å²) in [5, 5.41) is 0. The van der Waals surface area contributed by atoms with E-state index in [9.17, 15) is 0 Å². The molecule has 0 nitrogen and oxygen atoms in total. The molecule has 2 aromatic rings. The topological polar surface area (TPSA) is 0 Å². The molecule has 0 atom stereocenters. The first kappa shape index (κ1) is 24.4. The van der Waals surface area contributed by atoms with Gasteiger partial charge in [0.15, 0.2) is 0 Å². The summed E-state index contributed by atoms with van der Waals surface area (Å²) in [6, 6.07) is 9.91. The van der Waals surface area contributed by atoms with Crippen molar-refractivity contribution in [3.63, 3.8) is 0 Å². The predicted molar refractivity (Wildman–Crippen MR) is 142 cm³/mol. The first-order chi connectivity index (χ1) is 13.7. The molecule has 0 radical (unpaired) electrons. The Morgan fingerprint density at radius 1 is 0.484 bits per heavy atom. The minimum atomic E-state index is -0.294. The van der Waals surface area contributed by atoms with Crippen molar-refractivity contribution in [2.75, 3.05) is 0 Å². The van der Waals surface area contributed by atoms with Crippen molar-refractivity contribution in [2.45, 2.75) is 116 Å². The van der Waals surface area contributed by atoms with Gasteiger partial charge in [0.1, 0.15) is 0 Å². The fourth-order valence-corrected chi connectivity index (χ4v) is 5.45. The molecule has 1 aliphatic carbocycles. The van der Waals surface area contributed by atoms with Crippen LogP contribution in [0.25, 0.3) is 11.1 Å². The van der Waals surface area contributed by atoms with E-state index in [2.05, 4.69) is 114 Å². The molecule has 170 valence electrons. The first-order valence-electron chi connectivity index (χ1n) is 11.8. The van der Waals surface area contributed by atoms with Crippen molar-refractivity contribution in [1.82, 2.24) is 0 Å². The molecule has 0 unspecified atom stereocenters. The number of thiol groups is 1. The van der Waals surface area contributed by atoms with Crippen molar-refractivity contribution in [3.05, 3.63) is 57.6 Å². The van der Waals surface area contributed by atoms with Crippen molar-refractivity contribution in [2.24, 2.45) is 0 Å². The van der Waals surface area contributed by atoms with Gasteiger partial charge in [-0.15, -0.1) is 0 Å². The molecule has 0 fully saturated rings. The Bertz CT molecular complexity index is 939. The van der Waals surface area contributed by atoms with Crippen LogP contribution in [0.1, 0.15) is 123 Å². The molecule has 2 aromatic carbocycles. The molecule has 1 aliphatic rings. The van der Waals surface area contributed by atoms with Crippen LogP contribution < -0.4 is 0 Å². The van der Waals surface area contributed by atoms with E-state index in [1.54, 1.807) is 0 Å². The Kier molecular flexibility index (Phi) is 5.43. The van der Waals surface area contributed by atoms with E-state index >= 15 is 0 Å². The fraction of sp³-hybridized carbons (Fsp3) is 0.600. The second-order valence-electron chi connectivity index (χ2n) is 14.0. The van der Waals surface area contributed by atoms with Crippen LogP contribution in [-0.2, 0) is 26.4 Å². The molecule has 0 heterocycles. The third-order valence-corrected chi connectivity index (χ3v) is 7.37. The standard InChI is InChI=1S/C30H44S/c1-26(2,3)22-14-18-19-15-23(27(4,5)6)25(29(10,11)12)17-21(19)30(13,31)20(18)16-24(22)28(7,8)9/h14-17,31H,1-13H3. The number of fused-ring (bicyclic) bond motifs is 3. The van der Waals surface area contributed by atoms with Crippen LogP contribution in [0.5, 0.6) is 0 Å². The fourth-order valence-electron chi connectivity index (χ4n) is 5.08. The van der Waals surface area contributed by atoms with Crippen molar-refractivity contribution >= 4 is 12.6 Å². The van der Waals surface area contributed by atoms with Gasteiger partial charge in [-0.05, 0) is 85.2 Å². The lowest BCUT2D eigenvalue weighted by atomic mass is 9.73. The van der Waals surface area contributed by atoms with Gasteiger partial charge < -0.3 is 0 Å². The number of benzene rings is 2. The van der Waals surface area contributed by atoms with Gasteiger partial charge in [-0.1, -0.05) is 95.2 Å². The maximum Gasteiger partial charge on any atom is 0.0610 e. The molecule has 0 saturated heterocycles. The Labute approximate surface area is 197 Å². The quantitative estimate of drug-likeness (QED) is 0.391. The number of hydrogen-bond donors (Lipinski definition) is 1. The van der Waals surface area contributed by atoms with Gasteiger partial charge in [-0.25, -0.2) is 0 Å². The van der Waals surface area contributed by atoms with Crippen molar-refractivity contribution in [3.8, 4) is 11.1 Å². The summed E-state index contributed by atoms with van der Waals surface area (Å²) in [6.45, 7) is 30.3. The lowest BCUT2D eigenvalue weighted by Gasteiger charge is -2.33. The van der Waals surface area contributed by atoms with Gasteiger partial charge in [0, 0.05) is 0 Å². The average Bonchev–Trinajstić information content (AvgIpc) is 2.77. The zero-order chi connectivity index (χ0) is 23.9. The summed E-state index contributed by atoms with van der Waals surface area (Å²) in [5.74, 6) is 0. The SMILES string of the molecule is CC(C)(C)c1cc2c(cc1C(C)(C)C)C(C)(S)c1cc(C(C)(C)C)c(C(C)(C)C)cc1-2. The second-order valence-corrected chi connectivity index (χ2v) is 14.9. The largest absolute Gasteiger partial charge is 0.163 e. The average molecular weight is 437 g/mol. The van der Waals surface area contributed by atoms with Gasteiger partial charge in [0.05, 0.1) is 4.75 Å². The highest BCUT2D eigenvalue weighted by atomic mass is 32.1. The highest BCUT2D eigenvalue weighted by Crippen LogP contribution is 2.55. The second kappa shape index (κ2) is 6.89. The highest BCUT2D eigenvalue weighted by Gasteiger charge is 2.41. The van der Waals surface area contributed by atoms with E-state index in [-0.39, 0.29) is 26.4 Å². The minimum absolute atomic E-state index is 0.0867. The lowest BCUT2D eigenvalue weighted by Crippen LogP contribution is -2.24. The van der Waals surface area contributed by atoms with Crippen molar-refractivity contribution < 1.29 is 0 Å². The molecule has 0 bridgehead atoms. The number of rotatable bonds is 0. The first-order valence-corrected chi connectivity index (χ1v) is 12.2. The molecule has 1 heteroatoms. The highest BCUT2D eigenvalue weighted by molar-refractivity contribution is 7.81. The van der Waals surface area contributed by atoms with Gasteiger partial charge in [-0.3, -0.25) is 0 Å². The Hall–Kier alpha value is -1.21. The molecule has 0 spiro atoms. The van der Waals surface area contributed by atoms with Crippen LogP contribution >= 0.6 is 12.6 Å². The molecular formula is C30H44S.